The third-order valence-electron chi connectivity index (χ3n) is 3.42. The maximum atomic E-state index is 13.0. The quantitative estimate of drug-likeness (QED) is 0.600. The lowest BCUT2D eigenvalue weighted by Gasteiger charge is -2.35. The molecule has 1 N–H and O–H groups in total. The molecule has 0 saturated heterocycles. The lowest BCUT2D eigenvalue weighted by Crippen LogP contribution is -2.56. The van der Waals surface area contributed by atoms with Gasteiger partial charge in [0.15, 0.2) is 0 Å². The number of halogens is 4. The van der Waals surface area contributed by atoms with E-state index in [1.807, 2.05) is 0 Å². The van der Waals surface area contributed by atoms with Crippen LogP contribution in [0.3, 0.4) is 0 Å². The summed E-state index contributed by atoms with van der Waals surface area (Å²) in [6.45, 7) is 5.33. The standard InChI is InChI=1S/C18H16Cl4N2O2/c1-18(2,3)24(17(26)13-7-5-11(20)9-15(13)22)23-16(25)12-6-4-10(19)8-14(12)21/h4-9H,1-3H3,(H,23,25). The SMILES string of the molecule is CC(C)(C)N(NC(=O)c1ccc(Cl)cc1Cl)C(=O)c1ccc(Cl)cc1Cl. The lowest BCUT2D eigenvalue weighted by molar-refractivity contribution is 0.0359. The number of carbonyl (C=O) groups excluding carboxylic acids is 2. The van der Waals surface area contributed by atoms with Gasteiger partial charge in [0.1, 0.15) is 0 Å². The highest BCUT2D eigenvalue weighted by molar-refractivity contribution is 6.37. The molecule has 0 bridgehead atoms. The highest BCUT2D eigenvalue weighted by Crippen LogP contribution is 2.25. The third kappa shape index (κ3) is 4.83. The van der Waals surface area contributed by atoms with E-state index >= 15 is 0 Å². The van der Waals surface area contributed by atoms with E-state index in [-0.39, 0.29) is 21.2 Å². The van der Waals surface area contributed by atoms with E-state index in [4.69, 9.17) is 46.4 Å². The zero-order chi connectivity index (χ0) is 19.6. The molecule has 26 heavy (non-hydrogen) atoms. The summed E-state index contributed by atoms with van der Waals surface area (Å²) in [7, 11) is 0. The molecule has 0 radical (unpaired) electrons. The van der Waals surface area contributed by atoms with Crippen LogP contribution >= 0.6 is 46.4 Å². The summed E-state index contributed by atoms with van der Waals surface area (Å²) in [4.78, 5) is 25.6. The van der Waals surface area contributed by atoms with E-state index in [9.17, 15) is 9.59 Å². The van der Waals surface area contributed by atoms with Gasteiger partial charge in [0.05, 0.1) is 26.7 Å². The van der Waals surface area contributed by atoms with Crippen LogP contribution in [0.15, 0.2) is 36.4 Å². The van der Waals surface area contributed by atoms with Crippen LogP contribution in [0.25, 0.3) is 0 Å². The summed E-state index contributed by atoms with van der Waals surface area (Å²) in [6, 6.07) is 9.02. The van der Waals surface area contributed by atoms with E-state index in [2.05, 4.69) is 5.43 Å². The average Bonchev–Trinajstić information content (AvgIpc) is 2.50. The van der Waals surface area contributed by atoms with Crippen LogP contribution in [0.2, 0.25) is 20.1 Å². The molecule has 0 aliphatic carbocycles. The smallest absolute Gasteiger partial charge is 0.267 e. The Labute approximate surface area is 171 Å². The van der Waals surface area contributed by atoms with Crippen molar-refractivity contribution >= 4 is 58.2 Å². The molecule has 0 aromatic heterocycles. The minimum absolute atomic E-state index is 0.181. The third-order valence-corrected chi connectivity index (χ3v) is 4.52. The molecule has 2 aromatic rings. The van der Waals surface area contributed by atoms with E-state index in [0.717, 1.165) is 0 Å². The topological polar surface area (TPSA) is 49.4 Å². The molecule has 0 fully saturated rings. The molecule has 0 aliphatic heterocycles. The van der Waals surface area contributed by atoms with Crippen LogP contribution in [0.4, 0.5) is 0 Å². The number of nitrogens with zero attached hydrogens (tertiary/aromatic N) is 1. The second-order valence-corrected chi connectivity index (χ2v) is 8.19. The van der Waals surface area contributed by atoms with Gasteiger partial charge in [-0.1, -0.05) is 46.4 Å². The van der Waals surface area contributed by atoms with E-state index in [1.165, 1.54) is 29.3 Å². The van der Waals surface area contributed by atoms with Crippen molar-refractivity contribution in [1.82, 2.24) is 10.4 Å². The number of hydrogen-bond acceptors (Lipinski definition) is 2. The Morgan fingerprint density at radius 3 is 1.73 bits per heavy atom. The normalized spacial score (nSPS) is 11.2. The summed E-state index contributed by atoms with van der Waals surface area (Å²) in [5.74, 6) is -1.02. The van der Waals surface area contributed by atoms with E-state index < -0.39 is 17.4 Å². The molecular formula is C18H16Cl4N2O2. The Morgan fingerprint density at radius 2 is 1.31 bits per heavy atom. The molecule has 0 atom stereocenters. The molecule has 0 heterocycles. The first-order chi connectivity index (χ1) is 12.0. The van der Waals surface area contributed by atoms with Crippen molar-refractivity contribution in [1.29, 1.82) is 0 Å². The van der Waals surface area contributed by atoms with Crippen molar-refractivity contribution in [2.24, 2.45) is 0 Å². The number of hydrogen-bond donors (Lipinski definition) is 1. The molecule has 2 amide bonds. The van der Waals surface area contributed by atoms with Crippen molar-refractivity contribution in [3.63, 3.8) is 0 Å². The maximum Gasteiger partial charge on any atom is 0.274 e. The van der Waals surface area contributed by atoms with Gasteiger partial charge >= 0.3 is 0 Å². The van der Waals surface area contributed by atoms with Crippen LogP contribution < -0.4 is 5.43 Å². The molecule has 0 aliphatic rings. The Bertz CT molecular complexity index is 863. The zero-order valence-corrected chi connectivity index (χ0v) is 17.3. The lowest BCUT2D eigenvalue weighted by atomic mass is 10.1. The van der Waals surface area contributed by atoms with Crippen molar-refractivity contribution in [3.05, 3.63) is 67.6 Å². The maximum absolute atomic E-state index is 13.0. The fourth-order valence-corrected chi connectivity index (χ4v) is 3.13. The Morgan fingerprint density at radius 1 is 0.846 bits per heavy atom. The van der Waals surface area contributed by atoms with Gasteiger partial charge in [-0.3, -0.25) is 15.0 Å². The number of rotatable bonds is 2. The number of nitrogens with one attached hydrogen (secondary N) is 1. The number of benzene rings is 2. The van der Waals surface area contributed by atoms with Gasteiger partial charge in [0.2, 0.25) is 0 Å². The van der Waals surface area contributed by atoms with Gasteiger partial charge in [-0.25, -0.2) is 5.01 Å². The Balaban J connectivity index is 2.36. The van der Waals surface area contributed by atoms with Crippen LogP contribution in [-0.2, 0) is 0 Å². The minimum atomic E-state index is -0.728. The van der Waals surface area contributed by atoms with Gasteiger partial charge in [0.25, 0.3) is 11.8 Å². The minimum Gasteiger partial charge on any atom is -0.267 e. The first-order valence-corrected chi connectivity index (χ1v) is 9.07. The number of carbonyl (C=O) groups is 2. The van der Waals surface area contributed by atoms with E-state index in [1.54, 1.807) is 32.9 Å². The average molecular weight is 434 g/mol. The molecule has 0 spiro atoms. The van der Waals surface area contributed by atoms with Gasteiger partial charge in [0, 0.05) is 10.0 Å². The summed E-state index contributed by atoms with van der Waals surface area (Å²) >= 11 is 23.9. The predicted octanol–water partition coefficient (Wildman–Crippen LogP) is 5.89. The van der Waals surface area contributed by atoms with Gasteiger partial charge in [-0.15, -0.1) is 0 Å². The predicted molar refractivity (Wildman–Crippen MR) is 106 cm³/mol. The van der Waals surface area contributed by atoms with Crippen LogP contribution in [0.5, 0.6) is 0 Å². The first-order valence-electron chi connectivity index (χ1n) is 7.56. The van der Waals surface area contributed by atoms with Crippen molar-refractivity contribution in [3.8, 4) is 0 Å². The number of hydrazine groups is 1. The molecule has 0 unspecified atom stereocenters. The molecule has 4 nitrogen and oxygen atoms in total. The second-order valence-electron chi connectivity index (χ2n) is 6.50. The van der Waals surface area contributed by atoms with Crippen molar-refractivity contribution in [2.75, 3.05) is 0 Å². The summed E-state index contributed by atoms with van der Waals surface area (Å²) in [5, 5.41) is 2.39. The Hall–Kier alpha value is -1.46. The van der Waals surface area contributed by atoms with Crippen LogP contribution in [-0.4, -0.2) is 22.4 Å². The van der Waals surface area contributed by atoms with Gasteiger partial charge in [-0.05, 0) is 57.2 Å². The molecule has 2 rings (SSSR count). The first kappa shape index (κ1) is 20.8. The van der Waals surface area contributed by atoms with Crippen molar-refractivity contribution in [2.45, 2.75) is 26.3 Å². The largest absolute Gasteiger partial charge is 0.274 e. The van der Waals surface area contributed by atoms with Gasteiger partial charge in [-0.2, -0.15) is 0 Å². The van der Waals surface area contributed by atoms with E-state index in [0.29, 0.717) is 10.0 Å². The fourth-order valence-electron chi connectivity index (χ4n) is 2.14. The van der Waals surface area contributed by atoms with Gasteiger partial charge < -0.3 is 0 Å². The second kappa shape index (κ2) is 8.05. The van der Waals surface area contributed by atoms with Crippen LogP contribution in [0, 0.1) is 0 Å². The molecular weight excluding hydrogens is 418 g/mol. The zero-order valence-electron chi connectivity index (χ0n) is 14.2. The molecule has 2 aromatic carbocycles. The Kier molecular flexibility index (Phi) is 6.46. The van der Waals surface area contributed by atoms with Crippen molar-refractivity contribution < 1.29 is 9.59 Å². The summed E-state index contributed by atoms with van der Waals surface area (Å²) in [5.41, 5.74) is 2.28. The molecule has 0 saturated carbocycles. The highest BCUT2D eigenvalue weighted by Gasteiger charge is 2.31. The van der Waals surface area contributed by atoms with Crippen LogP contribution in [0.1, 0.15) is 41.5 Å². The monoisotopic (exact) mass is 432 g/mol. The molecule has 138 valence electrons. The molecule has 8 heteroatoms. The summed E-state index contributed by atoms with van der Waals surface area (Å²) < 4.78 is 0. The summed E-state index contributed by atoms with van der Waals surface area (Å²) in [6.07, 6.45) is 0. The fraction of sp³-hybridized carbons (Fsp3) is 0.222. The highest BCUT2D eigenvalue weighted by atomic mass is 35.5. The number of amides is 2.